The molecule has 0 saturated heterocycles. The maximum absolute atomic E-state index is 5.95. The molecule has 1 heterocycles. The van der Waals surface area contributed by atoms with Crippen LogP contribution in [0.15, 0.2) is 18.6 Å². The highest BCUT2D eigenvalue weighted by molar-refractivity contribution is 5.04. The molecule has 0 radical (unpaired) electrons. The van der Waals surface area contributed by atoms with Crippen LogP contribution in [0.2, 0.25) is 0 Å². The summed E-state index contributed by atoms with van der Waals surface area (Å²) < 4.78 is 0. The first-order valence-corrected chi connectivity index (χ1v) is 4.38. The molecule has 1 aromatic heterocycles. The summed E-state index contributed by atoms with van der Waals surface area (Å²) in [5, 5.41) is 0. The van der Waals surface area contributed by atoms with E-state index in [1.54, 1.807) is 12.5 Å². The van der Waals surface area contributed by atoms with Crippen molar-refractivity contribution >= 4 is 0 Å². The summed E-state index contributed by atoms with van der Waals surface area (Å²) in [5.74, 6) is 0.856. The van der Waals surface area contributed by atoms with E-state index in [-0.39, 0.29) is 6.04 Å². The van der Waals surface area contributed by atoms with Gasteiger partial charge in [0.1, 0.15) is 6.33 Å². The van der Waals surface area contributed by atoms with Crippen molar-refractivity contribution in [1.29, 1.82) is 0 Å². The van der Waals surface area contributed by atoms with Gasteiger partial charge in [-0.3, -0.25) is 0 Å². The fraction of sp³-hybridized carbons (Fsp3) is 0.556. The molecule has 2 N–H and O–H groups in total. The van der Waals surface area contributed by atoms with Gasteiger partial charge in [0.15, 0.2) is 0 Å². The number of hydrogen-bond acceptors (Lipinski definition) is 3. The summed E-state index contributed by atoms with van der Waals surface area (Å²) in [6.07, 6.45) is 7.08. The third kappa shape index (κ3) is 1.80. The molecule has 0 bridgehead atoms. The summed E-state index contributed by atoms with van der Waals surface area (Å²) in [7, 11) is 0. The summed E-state index contributed by atoms with van der Waals surface area (Å²) >= 11 is 0. The Morgan fingerprint density at radius 3 is 3.00 bits per heavy atom. The maximum Gasteiger partial charge on any atom is 0.115 e. The Morgan fingerprint density at radius 2 is 2.42 bits per heavy atom. The second-order valence-corrected chi connectivity index (χ2v) is 3.42. The molecule has 1 atom stereocenters. The van der Waals surface area contributed by atoms with E-state index in [0.717, 1.165) is 18.0 Å². The average molecular weight is 163 g/mol. The predicted molar refractivity (Wildman–Crippen MR) is 46.3 cm³/mol. The van der Waals surface area contributed by atoms with Crippen LogP contribution >= 0.6 is 0 Å². The quantitative estimate of drug-likeness (QED) is 0.730. The van der Waals surface area contributed by atoms with Gasteiger partial charge in [0.2, 0.25) is 0 Å². The van der Waals surface area contributed by atoms with E-state index in [0.29, 0.717) is 0 Å². The average Bonchev–Trinajstić information content (AvgIpc) is 2.90. The van der Waals surface area contributed by atoms with Gasteiger partial charge in [0.05, 0.1) is 5.69 Å². The Balaban J connectivity index is 1.98. The van der Waals surface area contributed by atoms with Crippen LogP contribution < -0.4 is 5.73 Å². The first kappa shape index (κ1) is 7.68. The minimum absolute atomic E-state index is 0.112. The monoisotopic (exact) mass is 163 g/mol. The molecule has 0 spiro atoms. The lowest BCUT2D eigenvalue weighted by Gasteiger charge is -2.08. The van der Waals surface area contributed by atoms with Crippen LogP contribution in [0.4, 0.5) is 0 Å². The number of nitrogens with two attached hydrogens (primary N) is 1. The van der Waals surface area contributed by atoms with Crippen LogP contribution in [0.1, 0.15) is 31.0 Å². The van der Waals surface area contributed by atoms with Gasteiger partial charge in [0, 0.05) is 12.2 Å². The van der Waals surface area contributed by atoms with Gasteiger partial charge >= 0.3 is 0 Å². The molecule has 0 amide bonds. The molecule has 2 rings (SSSR count). The fourth-order valence-corrected chi connectivity index (χ4v) is 1.35. The zero-order valence-corrected chi connectivity index (χ0v) is 6.98. The molecular weight excluding hydrogens is 150 g/mol. The molecule has 0 aromatic carbocycles. The molecule has 0 aliphatic heterocycles. The molecule has 1 aliphatic rings. The van der Waals surface area contributed by atoms with Gasteiger partial charge in [0.25, 0.3) is 0 Å². The van der Waals surface area contributed by atoms with Crippen molar-refractivity contribution in [1.82, 2.24) is 9.97 Å². The standard InChI is InChI=1S/C9H13N3/c10-8(5-7-1-2-7)9-3-4-11-6-12-9/h3-4,6-8H,1-2,5,10H2. The minimum atomic E-state index is 0.112. The van der Waals surface area contributed by atoms with E-state index in [1.807, 2.05) is 6.07 Å². The maximum atomic E-state index is 5.95. The summed E-state index contributed by atoms with van der Waals surface area (Å²) in [5.41, 5.74) is 6.92. The lowest BCUT2D eigenvalue weighted by atomic mass is 10.1. The summed E-state index contributed by atoms with van der Waals surface area (Å²) in [6.45, 7) is 0. The fourth-order valence-electron chi connectivity index (χ4n) is 1.35. The van der Waals surface area contributed by atoms with E-state index in [4.69, 9.17) is 5.73 Å². The molecular formula is C9H13N3. The van der Waals surface area contributed by atoms with E-state index in [2.05, 4.69) is 9.97 Å². The van der Waals surface area contributed by atoms with Crippen molar-refractivity contribution in [3.63, 3.8) is 0 Å². The zero-order chi connectivity index (χ0) is 8.39. The molecule has 3 nitrogen and oxygen atoms in total. The smallest absolute Gasteiger partial charge is 0.115 e. The van der Waals surface area contributed by atoms with Crippen LogP contribution in [0.3, 0.4) is 0 Å². The van der Waals surface area contributed by atoms with Crippen molar-refractivity contribution in [2.24, 2.45) is 11.7 Å². The number of nitrogens with zero attached hydrogens (tertiary/aromatic N) is 2. The molecule has 1 aromatic rings. The Kier molecular flexibility index (Phi) is 2.04. The molecule has 1 saturated carbocycles. The number of rotatable bonds is 3. The van der Waals surface area contributed by atoms with Crippen LogP contribution in [0.25, 0.3) is 0 Å². The Bertz CT molecular complexity index is 243. The Labute approximate surface area is 72.0 Å². The largest absolute Gasteiger partial charge is 0.323 e. The first-order chi connectivity index (χ1) is 5.86. The van der Waals surface area contributed by atoms with E-state index < -0.39 is 0 Å². The van der Waals surface area contributed by atoms with Crippen molar-refractivity contribution in [2.45, 2.75) is 25.3 Å². The topological polar surface area (TPSA) is 51.8 Å². The molecule has 3 heteroatoms. The Morgan fingerprint density at radius 1 is 1.58 bits per heavy atom. The Hall–Kier alpha value is -0.960. The van der Waals surface area contributed by atoms with Crippen LogP contribution in [0, 0.1) is 5.92 Å². The van der Waals surface area contributed by atoms with Gasteiger partial charge in [-0.2, -0.15) is 0 Å². The first-order valence-electron chi connectivity index (χ1n) is 4.38. The molecule has 1 aliphatic carbocycles. The van der Waals surface area contributed by atoms with Crippen molar-refractivity contribution in [3.8, 4) is 0 Å². The molecule has 1 fully saturated rings. The number of hydrogen-bond donors (Lipinski definition) is 1. The van der Waals surface area contributed by atoms with Crippen molar-refractivity contribution in [2.75, 3.05) is 0 Å². The van der Waals surface area contributed by atoms with E-state index in [9.17, 15) is 0 Å². The molecule has 12 heavy (non-hydrogen) atoms. The van der Waals surface area contributed by atoms with Gasteiger partial charge in [-0.25, -0.2) is 9.97 Å². The van der Waals surface area contributed by atoms with Gasteiger partial charge < -0.3 is 5.73 Å². The second kappa shape index (κ2) is 3.19. The van der Waals surface area contributed by atoms with Gasteiger partial charge in [-0.15, -0.1) is 0 Å². The van der Waals surface area contributed by atoms with E-state index >= 15 is 0 Å². The normalized spacial score (nSPS) is 19.1. The van der Waals surface area contributed by atoms with Gasteiger partial charge in [-0.05, 0) is 18.4 Å². The summed E-state index contributed by atoms with van der Waals surface area (Å²) in [4.78, 5) is 7.98. The molecule has 1 unspecified atom stereocenters. The van der Waals surface area contributed by atoms with Crippen molar-refractivity contribution < 1.29 is 0 Å². The minimum Gasteiger partial charge on any atom is -0.323 e. The van der Waals surface area contributed by atoms with E-state index in [1.165, 1.54) is 12.8 Å². The predicted octanol–water partition coefficient (Wildman–Crippen LogP) is 1.28. The third-order valence-electron chi connectivity index (χ3n) is 2.27. The van der Waals surface area contributed by atoms with Crippen LogP contribution in [0.5, 0.6) is 0 Å². The van der Waals surface area contributed by atoms with Gasteiger partial charge in [-0.1, -0.05) is 12.8 Å². The second-order valence-electron chi connectivity index (χ2n) is 3.42. The van der Waals surface area contributed by atoms with Crippen LogP contribution in [-0.2, 0) is 0 Å². The highest BCUT2D eigenvalue weighted by Crippen LogP contribution is 2.36. The SMILES string of the molecule is NC(CC1CC1)c1ccncn1. The lowest BCUT2D eigenvalue weighted by molar-refractivity contribution is 0.582. The highest BCUT2D eigenvalue weighted by Gasteiger charge is 2.24. The zero-order valence-electron chi connectivity index (χ0n) is 6.98. The lowest BCUT2D eigenvalue weighted by Crippen LogP contribution is -2.12. The third-order valence-corrected chi connectivity index (χ3v) is 2.27. The number of aromatic nitrogens is 2. The van der Waals surface area contributed by atoms with Crippen molar-refractivity contribution in [3.05, 3.63) is 24.3 Å². The highest BCUT2D eigenvalue weighted by atomic mass is 14.8. The summed E-state index contributed by atoms with van der Waals surface area (Å²) in [6, 6.07) is 2.01. The van der Waals surface area contributed by atoms with Crippen LogP contribution in [-0.4, -0.2) is 9.97 Å². The molecule has 64 valence electrons.